The van der Waals surface area contributed by atoms with Gasteiger partial charge in [-0.15, -0.1) is 10.2 Å². The fraction of sp³-hybridized carbons (Fsp3) is 0.375. The monoisotopic (exact) mass is 423 g/mol. The Balaban J connectivity index is 2.24. The molecular weight excluding hydrogens is 394 g/mol. The van der Waals surface area contributed by atoms with Crippen LogP contribution < -0.4 is 0 Å². The molecule has 0 atom stereocenters. The fourth-order valence-corrected chi connectivity index (χ4v) is 3.53. The van der Waals surface area contributed by atoms with Gasteiger partial charge in [-0.2, -0.15) is 0 Å². The molecule has 1 aromatic heterocycles. The van der Waals surface area contributed by atoms with Crippen molar-refractivity contribution in [2.75, 3.05) is 6.61 Å². The van der Waals surface area contributed by atoms with E-state index in [0.29, 0.717) is 22.6 Å². The minimum absolute atomic E-state index is 0.00536. The highest BCUT2D eigenvalue weighted by atomic mass is 16.5. The van der Waals surface area contributed by atoms with Crippen molar-refractivity contribution < 1.29 is 19.7 Å². The molecule has 0 saturated heterocycles. The van der Waals surface area contributed by atoms with Crippen LogP contribution in [0.4, 0.5) is 0 Å². The van der Waals surface area contributed by atoms with E-state index in [1.165, 1.54) is 6.07 Å². The number of aromatic hydroxyl groups is 2. The number of hydrogen-bond acceptors (Lipinski definition) is 6. The lowest BCUT2D eigenvalue weighted by molar-refractivity contribution is 0.0509. The zero-order chi connectivity index (χ0) is 22.5. The van der Waals surface area contributed by atoms with Gasteiger partial charge in [0.1, 0.15) is 11.5 Å². The van der Waals surface area contributed by atoms with Crippen LogP contribution in [0.5, 0.6) is 11.5 Å². The second kappa shape index (κ2) is 9.64. The molecule has 0 bridgehead atoms. The number of benzene rings is 1. The molecule has 1 aliphatic rings. The van der Waals surface area contributed by atoms with Crippen molar-refractivity contribution in [2.24, 2.45) is 0 Å². The molecule has 0 fully saturated rings. The van der Waals surface area contributed by atoms with Crippen molar-refractivity contribution in [3.8, 4) is 22.9 Å². The maximum absolute atomic E-state index is 12.6. The topological polar surface area (TPSA) is 97.5 Å². The third-order valence-corrected chi connectivity index (χ3v) is 5.18. The van der Waals surface area contributed by atoms with Crippen LogP contribution in [0.15, 0.2) is 42.5 Å². The third-order valence-electron chi connectivity index (χ3n) is 5.18. The molecule has 1 aromatic carbocycles. The SMILES string of the molecule is C=C1/C=C\C(n2c(C(=O)OCC)nnc2-c2cc(C(C)C)c(O)cc2O)=C/CCCC1. The van der Waals surface area contributed by atoms with E-state index in [9.17, 15) is 15.0 Å². The number of ether oxygens (including phenoxy) is 1. The summed E-state index contributed by atoms with van der Waals surface area (Å²) in [4.78, 5) is 12.6. The Morgan fingerprint density at radius 1 is 1.19 bits per heavy atom. The molecular formula is C24H29N3O4. The normalized spacial score (nSPS) is 17.4. The Bertz CT molecular complexity index is 1050. The fourth-order valence-electron chi connectivity index (χ4n) is 3.53. The lowest BCUT2D eigenvalue weighted by atomic mass is 9.98. The lowest BCUT2D eigenvalue weighted by Crippen LogP contribution is -2.13. The highest BCUT2D eigenvalue weighted by Crippen LogP contribution is 2.38. The Labute approximate surface area is 182 Å². The van der Waals surface area contributed by atoms with Crippen LogP contribution in [-0.2, 0) is 4.74 Å². The van der Waals surface area contributed by atoms with E-state index in [-0.39, 0.29) is 29.8 Å². The van der Waals surface area contributed by atoms with E-state index in [1.54, 1.807) is 17.6 Å². The largest absolute Gasteiger partial charge is 0.508 e. The van der Waals surface area contributed by atoms with E-state index in [2.05, 4.69) is 16.8 Å². The molecule has 0 saturated carbocycles. The minimum atomic E-state index is -0.600. The van der Waals surface area contributed by atoms with Crippen LogP contribution in [-0.4, -0.2) is 37.6 Å². The molecule has 0 unspecified atom stereocenters. The van der Waals surface area contributed by atoms with E-state index < -0.39 is 5.97 Å². The number of carbonyl (C=O) groups is 1. The summed E-state index contributed by atoms with van der Waals surface area (Å²) in [5.74, 6) is -0.405. The quantitative estimate of drug-likeness (QED) is 0.643. The Morgan fingerprint density at radius 3 is 2.68 bits per heavy atom. The molecule has 2 aromatic rings. The van der Waals surface area contributed by atoms with Crippen LogP contribution in [0.25, 0.3) is 17.1 Å². The summed E-state index contributed by atoms with van der Waals surface area (Å²) < 4.78 is 6.79. The van der Waals surface area contributed by atoms with Gasteiger partial charge in [-0.05, 0) is 56.2 Å². The molecule has 31 heavy (non-hydrogen) atoms. The van der Waals surface area contributed by atoms with Crippen molar-refractivity contribution in [3.63, 3.8) is 0 Å². The molecule has 1 aliphatic carbocycles. The van der Waals surface area contributed by atoms with Crippen molar-refractivity contribution in [1.29, 1.82) is 0 Å². The Hall–Kier alpha value is -3.35. The van der Waals surface area contributed by atoms with E-state index in [4.69, 9.17) is 4.74 Å². The minimum Gasteiger partial charge on any atom is -0.508 e. The summed E-state index contributed by atoms with van der Waals surface area (Å²) in [6.07, 6.45) is 9.56. The summed E-state index contributed by atoms with van der Waals surface area (Å²) in [5, 5.41) is 29.2. The average Bonchev–Trinajstić information content (AvgIpc) is 3.17. The van der Waals surface area contributed by atoms with Gasteiger partial charge < -0.3 is 14.9 Å². The van der Waals surface area contributed by atoms with Crippen LogP contribution in [0.2, 0.25) is 0 Å². The van der Waals surface area contributed by atoms with Gasteiger partial charge in [0.25, 0.3) is 0 Å². The summed E-state index contributed by atoms with van der Waals surface area (Å²) in [7, 11) is 0. The number of nitrogens with zero attached hydrogens (tertiary/aromatic N) is 3. The number of carbonyl (C=O) groups excluding carboxylic acids is 1. The Morgan fingerprint density at radius 2 is 1.97 bits per heavy atom. The first-order valence-electron chi connectivity index (χ1n) is 10.6. The number of allylic oxidation sites excluding steroid dienone is 5. The van der Waals surface area contributed by atoms with Gasteiger partial charge in [-0.3, -0.25) is 4.57 Å². The second-order valence-electron chi connectivity index (χ2n) is 7.85. The maximum Gasteiger partial charge on any atom is 0.376 e. The zero-order valence-electron chi connectivity index (χ0n) is 18.3. The van der Waals surface area contributed by atoms with E-state index in [0.717, 1.165) is 31.3 Å². The molecule has 7 nitrogen and oxygen atoms in total. The number of aromatic nitrogens is 3. The molecule has 0 radical (unpaired) electrons. The molecule has 3 rings (SSSR count). The standard InChI is InChI=1S/C24H29N3O4/c1-5-31-24(30)23-26-25-22(19-13-18(15(2)3)20(28)14-21(19)29)27(23)17-10-8-6-7-9-16(4)11-12-17/h10-15,28-29H,4-9H2,1-3H3/b12-11-,17-10+. The molecule has 0 spiro atoms. The first-order valence-corrected chi connectivity index (χ1v) is 10.6. The van der Waals surface area contributed by atoms with Crippen LogP contribution >= 0.6 is 0 Å². The molecule has 164 valence electrons. The van der Waals surface area contributed by atoms with Gasteiger partial charge in [0.15, 0.2) is 5.82 Å². The van der Waals surface area contributed by atoms with Gasteiger partial charge in [0.2, 0.25) is 5.82 Å². The highest BCUT2D eigenvalue weighted by molar-refractivity contribution is 5.89. The van der Waals surface area contributed by atoms with E-state index in [1.807, 2.05) is 32.1 Å². The summed E-state index contributed by atoms with van der Waals surface area (Å²) >= 11 is 0. The summed E-state index contributed by atoms with van der Waals surface area (Å²) in [6, 6.07) is 2.98. The summed E-state index contributed by atoms with van der Waals surface area (Å²) in [5.41, 5.74) is 2.73. The van der Waals surface area contributed by atoms with Crippen LogP contribution in [0.3, 0.4) is 0 Å². The molecule has 0 aliphatic heterocycles. The third kappa shape index (κ3) is 4.87. The van der Waals surface area contributed by atoms with Gasteiger partial charge in [0, 0.05) is 11.8 Å². The first kappa shape index (κ1) is 22.3. The van der Waals surface area contributed by atoms with Crippen LogP contribution in [0.1, 0.15) is 68.6 Å². The number of hydrogen-bond donors (Lipinski definition) is 2. The first-order chi connectivity index (χ1) is 14.8. The predicted octanol–water partition coefficient (Wildman–Crippen LogP) is 5.18. The lowest BCUT2D eigenvalue weighted by Gasteiger charge is -2.15. The van der Waals surface area contributed by atoms with Crippen molar-refractivity contribution in [2.45, 2.75) is 52.4 Å². The molecule has 1 heterocycles. The number of esters is 1. The average molecular weight is 424 g/mol. The smallest absolute Gasteiger partial charge is 0.376 e. The van der Waals surface area contributed by atoms with Crippen molar-refractivity contribution in [1.82, 2.24) is 14.8 Å². The number of rotatable bonds is 5. The van der Waals surface area contributed by atoms with E-state index >= 15 is 0 Å². The summed E-state index contributed by atoms with van der Waals surface area (Å²) in [6.45, 7) is 9.90. The predicted molar refractivity (Wildman–Crippen MR) is 120 cm³/mol. The molecule has 7 heteroatoms. The number of phenolic OH excluding ortho intramolecular Hbond substituents is 2. The van der Waals surface area contributed by atoms with Crippen LogP contribution in [0, 0.1) is 0 Å². The molecule has 2 N–H and O–H groups in total. The zero-order valence-corrected chi connectivity index (χ0v) is 18.3. The van der Waals surface area contributed by atoms with Crippen molar-refractivity contribution >= 4 is 11.7 Å². The second-order valence-corrected chi connectivity index (χ2v) is 7.85. The van der Waals surface area contributed by atoms with Crippen molar-refractivity contribution in [3.05, 3.63) is 53.9 Å². The highest BCUT2D eigenvalue weighted by Gasteiger charge is 2.25. The van der Waals surface area contributed by atoms with Gasteiger partial charge in [-0.25, -0.2) is 4.79 Å². The molecule has 0 amide bonds. The maximum atomic E-state index is 12.6. The van der Waals surface area contributed by atoms with Gasteiger partial charge in [-0.1, -0.05) is 38.2 Å². The Kier molecular flexibility index (Phi) is 6.95. The van der Waals surface area contributed by atoms with Gasteiger partial charge >= 0.3 is 5.97 Å². The number of phenols is 2. The van der Waals surface area contributed by atoms with Gasteiger partial charge in [0.05, 0.1) is 12.2 Å².